The van der Waals surface area contributed by atoms with E-state index in [4.69, 9.17) is 41.8 Å². The molecule has 0 spiro atoms. The molecule has 1 unspecified atom stereocenters. The predicted molar refractivity (Wildman–Crippen MR) is 231 cm³/mol. The van der Waals surface area contributed by atoms with E-state index in [1.807, 2.05) is 66.7 Å². The van der Waals surface area contributed by atoms with Crippen LogP contribution in [-0.4, -0.2) is 57.2 Å². The van der Waals surface area contributed by atoms with Gasteiger partial charge in [-0.25, -0.2) is 9.78 Å². The van der Waals surface area contributed by atoms with Crippen LogP contribution in [-0.2, 0) is 35.6 Å². The van der Waals surface area contributed by atoms with Crippen molar-refractivity contribution in [3.63, 3.8) is 0 Å². The van der Waals surface area contributed by atoms with Crippen molar-refractivity contribution in [2.24, 2.45) is 0 Å². The van der Waals surface area contributed by atoms with E-state index in [0.717, 1.165) is 33.4 Å². The number of benzene rings is 5. The lowest BCUT2D eigenvalue weighted by Crippen LogP contribution is -2.56. The van der Waals surface area contributed by atoms with E-state index >= 15 is 0 Å². The van der Waals surface area contributed by atoms with E-state index < -0.39 is 36.0 Å². The number of rotatable bonds is 12. The number of carboxylic acids is 1. The highest BCUT2D eigenvalue weighted by Gasteiger charge is 2.39. The van der Waals surface area contributed by atoms with Gasteiger partial charge in [0, 0.05) is 31.9 Å². The van der Waals surface area contributed by atoms with Crippen molar-refractivity contribution in [1.29, 1.82) is 0 Å². The molecular formula is C48H41Cl2N3O9. The van der Waals surface area contributed by atoms with Crippen LogP contribution in [0.15, 0.2) is 108 Å². The van der Waals surface area contributed by atoms with Crippen LogP contribution in [0.3, 0.4) is 0 Å². The second-order valence-corrected chi connectivity index (χ2v) is 16.1. The van der Waals surface area contributed by atoms with Gasteiger partial charge in [-0.1, -0.05) is 89.9 Å². The maximum Gasteiger partial charge on any atom is 0.326 e. The summed E-state index contributed by atoms with van der Waals surface area (Å²) in [6.07, 6.45) is -0.359. The highest BCUT2D eigenvalue weighted by atomic mass is 35.5. The van der Waals surface area contributed by atoms with Gasteiger partial charge < -0.3 is 34.0 Å². The molecular weight excluding hydrogens is 833 g/mol. The van der Waals surface area contributed by atoms with Gasteiger partial charge in [0.2, 0.25) is 5.91 Å². The second kappa shape index (κ2) is 17.8. The Bertz CT molecular complexity index is 2680. The van der Waals surface area contributed by atoms with Gasteiger partial charge in [-0.3, -0.25) is 14.4 Å². The molecule has 0 radical (unpaired) electrons. The number of fused-ring (bicyclic) bond motifs is 2. The number of aryl methyl sites for hydroxylation is 2. The van der Waals surface area contributed by atoms with Crippen molar-refractivity contribution < 1.29 is 42.9 Å². The number of nitrogens with one attached hydrogen (secondary N) is 1. The summed E-state index contributed by atoms with van der Waals surface area (Å²) < 4.78 is 24.2. The normalized spacial score (nSPS) is 15.9. The molecule has 5 aromatic carbocycles. The Morgan fingerprint density at radius 3 is 2.18 bits per heavy atom. The number of aromatic nitrogens is 1. The summed E-state index contributed by atoms with van der Waals surface area (Å²) in [7, 11) is 0. The fourth-order valence-electron chi connectivity index (χ4n) is 7.64. The lowest BCUT2D eigenvalue weighted by Gasteiger charge is -2.37. The number of carbonyl (C=O) groups is 4. The molecule has 2 N–H and O–H groups in total. The second-order valence-electron chi connectivity index (χ2n) is 15.3. The Morgan fingerprint density at radius 2 is 1.53 bits per heavy atom. The number of ether oxygens (including phenoxy) is 3. The van der Waals surface area contributed by atoms with Crippen LogP contribution >= 0.6 is 23.2 Å². The molecule has 0 fully saturated rings. The zero-order valence-corrected chi connectivity index (χ0v) is 35.5. The Kier molecular flexibility index (Phi) is 12.1. The van der Waals surface area contributed by atoms with Gasteiger partial charge in [0.25, 0.3) is 5.91 Å². The molecule has 2 amide bonds. The molecule has 3 atom stereocenters. The molecule has 0 bridgehead atoms. The molecule has 0 saturated heterocycles. The van der Waals surface area contributed by atoms with E-state index in [0.29, 0.717) is 56.7 Å². The number of ketones is 1. The minimum atomic E-state index is -1.29. The highest BCUT2D eigenvalue weighted by Crippen LogP contribution is 2.41. The Morgan fingerprint density at radius 1 is 0.855 bits per heavy atom. The summed E-state index contributed by atoms with van der Waals surface area (Å²) in [5.74, 6) is -0.179. The molecule has 12 nitrogen and oxygen atoms in total. The SMILES string of the molecule is CC(=O)c1ccc(-c2ccc(CC(NC(=O)[C@@H]3Cc4cc5c(cc4CN3C(=O)c3nc(C)oc3C)O[C@@H](c3ccc(OCc4ccc(Cl)c(Cl)c4)cc3)CO5)C(=O)O)cc2)cc1. The predicted octanol–water partition coefficient (Wildman–Crippen LogP) is 8.94. The quantitative estimate of drug-likeness (QED) is 0.114. The van der Waals surface area contributed by atoms with E-state index in [1.165, 1.54) is 11.8 Å². The maximum atomic E-state index is 14.2. The van der Waals surface area contributed by atoms with Gasteiger partial charge in [0.1, 0.15) is 36.8 Å². The molecule has 316 valence electrons. The number of carbonyl (C=O) groups excluding carboxylic acids is 3. The van der Waals surface area contributed by atoms with Crippen LogP contribution in [0.1, 0.15) is 73.3 Å². The molecule has 0 aliphatic carbocycles. The smallest absolute Gasteiger partial charge is 0.326 e. The van der Waals surface area contributed by atoms with E-state index in [9.17, 15) is 24.3 Å². The van der Waals surface area contributed by atoms with Crippen molar-refractivity contribution in [3.8, 4) is 28.4 Å². The van der Waals surface area contributed by atoms with Gasteiger partial charge in [-0.05, 0) is 89.2 Å². The molecule has 0 saturated carbocycles. The third-order valence-corrected chi connectivity index (χ3v) is 11.7. The Hall–Kier alpha value is -6.63. The van der Waals surface area contributed by atoms with Crippen molar-refractivity contribution in [2.45, 2.75) is 65.0 Å². The van der Waals surface area contributed by atoms with Crippen LogP contribution < -0.4 is 19.5 Å². The van der Waals surface area contributed by atoms with Gasteiger partial charge in [0.15, 0.2) is 35.0 Å². The van der Waals surface area contributed by atoms with Crippen LogP contribution in [0.5, 0.6) is 17.2 Å². The third kappa shape index (κ3) is 9.17. The number of Topliss-reactive ketones (excluding diaryl/α,β-unsaturated/α-hetero) is 1. The van der Waals surface area contributed by atoms with Crippen molar-refractivity contribution in [1.82, 2.24) is 15.2 Å². The monoisotopic (exact) mass is 873 g/mol. The molecule has 2 aliphatic rings. The topological polar surface area (TPSA) is 158 Å². The first-order valence-electron chi connectivity index (χ1n) is 19.9. The molecule has 3 heterocycles. The van der Waals surface area contributed by atoms with Crippen LogP contribution in [0.4, 0.5) is 0 Å². The minimum Gasteiger partial charge on any atom is -0.489 e. The van der Waals surface area contributed by atoms with Crippen LogP contribution in [0.25, 0.3) is 11.1 Å². The van der Waals surface area contributed by atoms with Gasteiger partial charge >= 0.3 is 5.97 Å². The summed E-state index contributed by atoms with van der Waals surface area (Å²) in [5, 5.41) is 13.9. The van der Waals surface area contributed by atoms with E-state index in [-0.39, 0.29) is 37.5 Å². The summed E-state index contributed by atoms with van der Waals surface area (Å²) in [5.41, 5.74) is 6.38. The van der Waals surface area contributed by atoms with E-state index in [1.54, 1.807) is 50.2 Å². The molecule has 62 heavy (non-hydrogen) atoms. The number of oxazole rings is 1. The average molecular weight is 875 g/mol. The fraction of sp³-hybridized carbons (Fsp3) is 0.229. The number of aliphatic carboxylic acids is 1. The molecule has 8 rings (SSSR count). The van der Waals surface area contributed by atoms with Crippen molar-refractivity contribution in [2.75, 3.05) is 6.61 Å². The molecule has 14 heteroatoms. The number of nitrogens with zero attached hydrogens (tertiary/aromatic N) is 2. The Labute approximate surface area is 367 Å². The first kappa shape index (κ1) is 42.1. The highest BCUT2D eigenvalue weighted by molar-refractivity contribution is 6.42. The number of hydrogen-bond donors (Lipinski definition) is 2. The number of hydrogen-bond acceptors (Lipinski definition) is 9. The first-order chi connectivity index (χ1) is 29.8. The summed E-state index contributed by atoms with van der Waals surface area (Å²) in [4.78, 5) is 58.4. The van der Waals surface area contributed by atoms with Gasteiger partial charge in [-0.15, -0.1) is 0 Å². The number of halogens is 2. The maximum absolute atomic E-state index is 14.2. The first-order valence-corrected chi connectivity index (χ1v) is 20.7. The van der Waals surface area contributed by atoms with Gasteiger partial charge in [0.05, 0.1) is 10.0 Å². The number of carboxylic acid groups (broad SMARTS) is 1. The van der Waals surface area contributed by atoms with Gasteiger partial charge in [-0.2, -0.15) is 0 Å². The summed E-state index contributed by atoms with van der Waals surface area (Å²) in [6.45, 7) is 5.32. The average Bonchev–Trinajstić information content (AvgIpc) is 3.62. The molecule has 1 aromatic heterocycles. The largest absolute Gasteiger partial charge is 0.489 e. The van der Waals surface area contributed by atoms with Crippen molar-refractivity contribution >= 4 is 46.8 Å². The zero-order valence-electron chi connectivity index (χ0n) is 33.9. The fourth-order valence-corrected chi connectivity index (χ4v) is 7.96. The van der Waals surface area contributed by atoms with Crippen molar-refractivity contribution in [3.05, 3.63) is 164 Å². The lowest BCUT2D eigenvalue weighted by molar-refractivity contribution is -0.142. The molecule has 6 aromatic rings. The third-order valence-electron chi connectivity index (χ3n) is 11.0. The Balaban J connectivity index is 0.983. The lowest BCUT2D eigenvalue weighted by atomic mass is 9.91. The summed E-state index contributed by atoms with van der Waals surface area (Å²) >= 11 is 12.2. The summed E-state index contributed by atoms with van der Waals surface area (Å²) in [6, 6.07) is 28.7. The van der Waals surface area contributed by atoms with Crippen LogP contribution in [0.2, 0.25) is 10.0 Å². The zero-order chi connectivity index (χ0) is 43.7. The standard InChI is InChI=1S/C48H41Cl2N3O9/c1-26(54)31-9-11-33(12-10-31)32-7-4-29(5-8-32)19-40(48(57)58)52-46(55)41-20-35-21-42-43(22-36(35)23-53(41)47(56)45-27(2)61-28(3)51-45)62-44(25-60-42)34-13-15-37(16-14-34)59-24-30-6-17-38(49)39(50)18-30/h4-18,21-22,40-41,44H,19-20,23-25H2,1-3H3,(H,52,55)(H,57,58)/t40?,41-,44+/m0/s1. The van der Waals surface area contributed by atoms with Crippen LogP contribution in [0, 0.1) is 13.8 Å². The van der Waals surface area contributed by atoms with E-state index in [2.05, 4.69) is 10.3 Å². The number of amides is 2. The molecule has 2 aliphatic heterocycles. The minimum absolute atomic E-state index is 0.00218.